The number of rotatable bonds is 14. The average Bonchev–Trinajstić information content (AvgIpc) is 2.56. The van der Waals surface area contributed by atoms with Gasteiger partial charge in [0.25, 0.3) is 0 Å². The van der Waals surface area contributed by atoms with Gasteiger partial charge in [-0.05, 0) is 6.42 Å². The molecule has 22 heavy (non-hydrogen) atoms. The molecule has 0 amide bonds. The minimum absolute atomic E-state index is 0.0194. The zero-order valence-corrected chi connectivity index (χ0v) is 14.4. The highest BCUT2D eigenvalue weighted by Gasteiger charge is 2.22. The van der Waals surface area contributed by atoms with E-state index in [0.717, 1.165) is 13.0 Å². The molecule has 0 aromatic heterocycles. The Morgan fingerprint density at radius 3 is 2.09 bits per heavy atom. The number of unbranched alkanes of at least 4 members (excludes halogenated alkanes) is 9. The average molecular weight is 316 g/mol. The molecule has 1 aliphatic heterocycles. The van der Waals surface area contributed by atoms with Gasteiger partial charge in [-0.2, -0.15) is 0 Å². The van der Waals surface area contributed by atoms with Crippen LogP contribution in [0.5, 0.6) is 0 Å². The molecule has 1 aliphatic rings. The molecular weight excluding hydrogens is 280 g/mol. The fourth-order valence-electron chi connectivity index (χ4n) is 2.77. The summed E-state index contributed by atoms with van der Waals surface area (Å²) < 4.78 is 16.7. The van der Waals surface area contributed by atoms with Crippen LogP contribution in [0.4, 0.5) is 0 Å². The zero-order chi connectivity index (χ0) is 15.9. The lowest BCUT2D eigenvalue weighted by Crippen LogP contribution is -2.40. The molecule has 1 N–H and O–H groups in total. The summed E-state index contributed by atoms with van der Waals surface area (Å²) in [6.45, 7) is 4.74. The molecular formula is C18H36O4. The highest BCUT2D eigenvalue weighted by atomic mass is 16.6. The summed E-state index contributed by atoms with van der Waals surface area (Å²) in [5, 5.41) is 9.04. The standard InChI is InChI=1S/C18H36O4/c1-2-3-4-5-6-7-8-9-10-11-12-20-15-18-16-21-14-17(13-19)22-18/h17-19H,2-16H2,1H3. The van der Waals surface area contributed by atoms with Gasteiger partial charge >= 0.3 is 0 Å². The molecule has 0 aliphatic carbocycles. The van der Waals surface area contributed by atoms with Crippen molar-refractivity contribution in [1.82, 2.24) is 0 Å². The number of aliphatic hydroxyl groups is 1. The van der Waals surface area contributed by atoms with Gasteiger partial charge in [-0.3, -0.25) is 0 Å². The Kier molecular flexibility index (Phi) is 13.0. The quantitative estimate of drug-likeness (QED) is 0.496. The van der Waals surface area contributed by atoms with Crippen molar-refractivity contribution in [2.24, 2.45) is 0 Å². The highest BCUT2D eigenvalue weighted by Crippen LogP contribution is 2.11. The Bertz CT molecular complexity index is 235. The molecule has 1 heterocycles. The van der Waals surface area contributed by atoms with E-state index in [1.807, 2.05) is 0 Å². The van der Waals surface area contributed by atoms with Crippen molar-refractivity contribution in [3.63, 3.8) is 0 Å². The second-order valence-electron chi connectivity index (χ2n) is 6.36. The summed E-state index contributed by atoms with van der Waals surface area (Å²) in [4.78, 5) is 0. The first-order chi connectivity index (χ1) is 10.9. The van der Waals surface area contributed by atoms with Gasteiger partial charge in [0, 0.05) is 6.61 Å². The molecule has 4 heteroatoms. The van der Waals surface area contributed by atoms with E-state index in [9.17, 15) is 0 Å². The maximum Gasteiger partial charge on any atom is 0.105 e. The molecule has 132 valence electrons. The fourth-order valence-corrected chi connectivity index (χ4v) is 2.77. The predicted octanol–water partition coefficient (Wildman–Crippen LogP) is 3.70. The van der Waals surface area contributed by atoms with Crippen molar-refractivity contribution < 1.29 is 19.3 Å². The van der Waals surface area contributed by atoms with E-state index in [4.69, 9.17) is 19.3 Å². The van der Waals surface area contributed by atoms with E-state index in [1.165, 1.54) is 57.8 Å². The lowest BCUT2D eigenvalue weighted by atomic mass is 10.1. The van der Waals surface area contributed by atoms with E-state index in [2.05, 4.69) is 6.92 Å². The van der Waals surface area contributed by atoms with Crippen LogP contribution < -0.4 is 0 Å². The SMILES string of the molecule is CCCCCCCCCCCCOCC1COCC(CO)O1. The van der Waals surface area contributed by atoms with E-state index in [1.54, 1.807) is 0 Å². The van der Waals surface area contributed by atoms with Crippen molar-refractivity contribution in [2.75, 3.05) is 33.0 Å². The maximum atomic E-state index is 9.04. The van der Waals surface area contributed by atoms with Crippen LogP contribution in [-0.2, 0) is 14.2 Å². The summed E-state index contributed by atoms with van der Waals surface area (Å²) in [5.74, 6) is 0. The van der Waals surface area contributed by atoms with Crippen LogP contribution in [0.3, 0.4) is 0 Å². The van der Waals surface area contributed by atoms with Crippen LogP contribution in [0.25, 0.3) is 0 Å². The highest BCUT2D eigenvalue weighted by molar-refractivity contribution is 4.67. The van der Waals surface area contributed by atoms with Crippen molar-refractivity contribution in [3.05, 3.63) is 0 Å². The first kappa shape index (κ1) is 19.9. The third-order valence-corrected chi connectivity index (χ3v) is 4.14. The third kappa shape index (κ3) is 10.5. The molecule has 2 atom stereocenters. The van der Waals surface area contributed by atoms with Crippen LogP contribution in [0.2, 0.25) is 0 Å². The molecule has 1 fully saturated rings. The number of ether oxygens (including phenoxy) is 3. The van der Waals surface area contributed by atoms with Crippen LogP contribution in [0.15, 0.2) is 0 Å². The zero-order valence-electron chi connectivity index (χ0n) is 14.4. The van der Waals surface area contributed by atoms with Crippen molar-refractivity contribution in [2.45, 2.75) is 83.3 Å². The lowest BCUT2D eigenvalue weighted by Gasteiger charge is -2.28. The molecule has 0 bridgehead atoms. The van der Waals surface area contributed by atoms with Crippen LogP contribution in [0, 0.1) is 0 Å². The van der Waals surface area contributed by atoms with Crippen LogP contribution in [0.1, 0.15) is 71.1 Å². The summed E-state index contributed by atoms with van der Waals surface area (Å²) in [5.41, 5.74) is 0. The van der Waals surface area contributed by atoms with E-state index in [0.29, 0.717) is 19.8 Å². The summed E-state index contributed by atoms with van der Waals surface area (Å²) in [7, 11) is 0. The van der Waals surface area contributed by atoms with Crippen molar-refractivity contribution in [1.29, 1.82) is 0 Å². The third-order valence-electron chi connectivity index (χ3n) is 4.14. The largest absolute Gasteiger partial charge is 0.394 e. The number of hydrogen-bond acceptors (Lipinski definition) is 4. The molecule has 2 unspecified atom stereocenters. The lowest BCUT2D eigenvalue weighted by molar-refractivity contribution is -0.167. The minimum atomic E-state index is -0.181. The van der Waals surface area contributed by atoms with E-state index in [-0.39, 0.29) is 18.8 Å². The summed E-state index contributed by atoms with van der Waals surface area (Å²) in [6.07, 6.45) is 13.2. The molecule has 1 rings (SSSR count). The molecule has 4 nitrogen and oxygen atoms in total. The van der Waals surface area contributed by atoms with Gasteiger partial charge in [0.05, 0.1) is 26.4 Å². The second-order valence-corrected chi connectivity index (χ2v) is 6.36. The van der Waals surface area contributed by atoms with Gasteiger partial charge in [-0.25, -0.2) is 0 Å². The fraction of sp³-hybridized carbons (Fsp3) is 1.00. The minimum Gasteiger partial charge on any atom is -0.394 e. The molecule has 0 saturated carbocycles. The van der Waals surface area contributed by atoms with Crippen LogP contribution in [-0.4, -0.2) is 50.3 Å². The van der Waals surface area contributed by atoms with Crippen LogP contribution >= 0.6 is 0 Å². The Morgan fingerprint density at radius 2 is 1.45 bits per heavy atom. The first-order valence-corrected chi connectivity index (χ1v) is 9.28. The predicted molar refractivity (Wildman–Crippen MR) is 89.2 cm³/mol. The van der Waals surface area contributed by atoms with E-state index < -0.39 is 0 Å². The van der Waals surface area contributed by atoms with E-state index >= 15 is 0 Å². The normalized spacial score (nSPS) is 22.1. The Labute approximate surface area is 136 Å². The van der Waals surface area contributed by atoms with Gasteiger partial charge in [0.2, 0.25) is 0 Å². The van der Waals surface area contributed by atoms with Crippen molar-refractivity contribution in [3.8, 4) is 0 Å². The van der Waals surface area contributed by atoms with Gasteiger partial charge in [-0.15, -0.1) is 0 Å². The molecule has 1 saturated heterocycles. The number of hydrogen-bond donors (Lipinski definition) is 1. The van der Waals surface area contributed by atoms with Gasteiger partial charge in [-0.1, -0.05) is 64.7 Å². The molecule has 0 radical (unpaired) electrons. The molecule has 0 aromatic carbocycles. The Hall–Kier alpha value is -0.160. The van der Waals surface area contributed by atoms with Crippen molar-refractivity contribution >= 4 is 0 Å². The Balaban J connectivity index is 1.78. The van der Waals surface area contributed by atoms with Gasteiger partial charge in [0.15, 0.2) is 0 Å². The molecule has 0 spiro atoms. The monoisotopic (exact) mass is 316 g/mol. The van der Waals surface area contributed by atoms with Gasteiger partial charge < -0.3 is 19.3 Å². The first-order valence-electron chi connectivity index (χ1n) is 9.28. The topological polar surface area (TPSA) is 47.9 Å². The smallest absolute Gasteiger partial charge is 0.105 e. The summed E-state index contributed by atoms with van der Waals surface area (Å²) in [6, 6.07) is 0. The summed E-state index contributed by atoms with van der Waals surface area (Å²) >= 11 is 0. The Morgan fingerprint density at radius 1 is 0.864 bits per heavy atom. The maximum absolute atomic E-state index is 9.04. The molecule has 0 aromatic rings. The number of aliphatic hydroxyl groups excluding tert-OH is 1. The van der Waals surface area contributed by atoms with Gasteiger partial charge in [0.1, 0.15) is 12.2 Å². The second kappa shape index (κ2) is 14.4.